The molecule has 0 radical (unpaired) electrons. The van der Waals surface area contributed by atoms with Crippen molar-refractivity contribution in [2.75, 3.05) is 4.81 Å². The third kappa shape index (κ3) is 5.15. The lowest BCUT2D eigenvalue weighted by atomic mass is 9.43. The van der Waals surface area contributed by atoms with Crippen LogP contribution >= 0.6 is 11.3 Å². The van der Waals surface area contributed by atoms with Crippen LogP contribution in [-0.2, 0) is 27.1 Å². The summed E-state index contributed by atoms with van der Waals surface area (Å²) in [6.07, 6.45) is 2.38. The topological polar surface area (TPSA) is 8.17 Å². The van der Waals surface area contributed by atoms with Crippen LogP contribution in [0.2, 0.25) is 0 Å². The molecule has 0 amide bonds. The highest BCUT2D eigenvalue weighted by Crippen LogP contribution is 2.58. The number of hydrogen-bond donors (Lipinski definition) is 0. The Balaban J connectivity index is 1.28. The maximum absolute atomic E-state index is 2.85. The van der Waals surface area contributed by atoms with Gasteiger partial charge < -0.3 is 9.38 Å². The number of hydrogen-bond acceptors (Lipinski definition) is 2. The molecule has 2 nitrogen and oxygen atoms in total. The van der Waals surface area contributed by atoms with Gasteiger partial charge in [0.05, 0.1) is 11.0 Å². The second-order valence-corrected chi connectivity index (χ2v) is 25.5. The summed E-state index contributed by atoms with van der Waals surface area (Å²) < 4.78 is 5.49. The molecular formula is C62H61BN2S. The molecule has 66 heavy (non-hydrogen) atoms. The normalized spacial score (nSPS) is 17.3. The van der Waals surface area contributed by atoms with E-state index in [1.165, 1.54) is 144 Å². The SMILES string of the molecule is Cc1cc2c(cc1N1B3c4c(cc5c(c4-n4c6ccc(C(C)(C)C)cc6c6cc(C(C)(C)C)cc3c64)C(C)(C)c3ccccc3-5)-c3c1ccc1c3sc3ccccc31)C(C)(C)CCC2(C)C. The molecule has 0 unspecified atom stereocenters. The Kier molecular flexibility index (Phi) is 7.82. The molecule has 9 aromatic rings. The van der Waals surface area contributed by atoms with Crippen molar-refractivity contribution in [1.82, 2.24) is 4.57 Å². The molecule has 0 saturated heterocycles. The molecular weight excluding hydrogens is 816 g/mol. The van der Waals surface area contributed by atoms with Gasteiger partial charge in [-0.2, -0.15) is 0 Å². The lowest BCUT2D eigenvalue weighted by Gasteiger charge is -2.46. The first kappa shape index (κ1) is 40.7. The second kappa shape index (κ2) is 12.7. The number of aryl methyl sites for hydroxylation is 1. The average molecular weight is 877 g/mol. The van der Waals surface area contributed by atoms with Gasteiger partial charge in [-0.3, -0.25) is 0 Å². The zero-order valence-corrected chi connectivity index (χ0v) is 42.0. The van der Waals surface area contributed by atoms with Gasteiger partial charge in [0, 0.05) is 59.0 Å². The Labute approximate surface area is 395 Å². The van der Waals surface area contributed by atoms with Crippen molar-refractivity contribution in [1.29, 1.82) is 0 Å². The highest BCUT2D eigenvalue weighted by Gasteiger charge is 2.50. The fourth-order valence-electron chi connectivity index (χ4n) is 13.2. The van der Waals surface area contributed by atoms with Crippen LogP contribution in [0.5, 0.6) is 0 Å². The number of rotatable bonds is 1. The maximum atomic E-state index is 2.85. The Bertz CT molecular complexity index is 3670. The molecule has 4 heteroatoms. The van der Waals surface area contributed by atoms with E-state index in [1.807, 2.05) is 11.3 Å². The standard InChI is InChI=1S/C62H61BN2S/c1-34-28-45-46(61(10,11)27-26-60(45,8)9)33-50(34)65-49-25-23-39-38-19-15-17-21-51(38)66-57(39)52(49)43-32-41-37-18-14-16-20-44(37)62(12,13)53(41)56-54(43)63(65)47-31-36(59(5,6)7)30-42-40-29-35(58(2,3)4)22-24-48(40)64(56)55(42)47/h14-25,28-33H,26-27H2,1-13H3. The van der Waals surface area contributed by atoms with E-state index < -0.39 is 0 Å². The highest BCUT2D eigenvalue weighted by molar-refractivity contribution is 7.26. The predicted octanol–water partition coefficient (Wildman–Crippen LogP) is 15.9. The monoisotopic (exact) mass is 876 g/mol. The van der Waals surface area contributed by atoms with E-state index in [9.17, 15) is 0 Å². The minimum absolute atomic E-state index is 0.00898. The maximum Gasteiger partial charge on any atom is 0.333 e. The molecule has 0 N–H and O–H groups in total. The van der Waals surface area contributed by atoms with Gasteiger partial charge in [0.2, 0.25) is 0 Å². The number of thiophene rings is 1. The zero-order chi connectivity index (χ0) is 45.9. The van der Waals surface area contributed by atoms with Crippen LogP contribution in [0.1, 0.15) is 135 Å². The smallest absolute Gasteiger partial charge is 0.333 e. The first-order valence-corrected chi connectivity index (χ1v) is 25.3. The van der Waals surface area contributed by atoms with Crippen LogP contribution in [0.4, 0.5) is 11.4 Å². The van der Waals surface area contributed by atoms with Crippen molar-refractivity contribution in [2.24, 2.45) is 0 Å². The number of aromatic nitrogens is 1. The van der Waals surface area contributed by atoms with Crippen molar-refractivity contribution in [2.45, 2.75) is 130 Å². The lowest BCUT2D eigenvalue weighted by Crippen LogP contribution is -2.61. The third-order valence-corrected chi connectivity index (χ3v) is 18.2. The molecule has 0 fully saturated rings. The van der Waals surface area contributed by atoms with E-state index in [4.69, 9.17) is 0 Å². The minimum atomic E-state index is -0.232. The van der Waals surface area contributed by atoms with Crippen LogP contribution in [0.15, 0.2) is 109 Å². The molecule has 2 aliphatic heterocycles. The lowest BCUT2D eigenvalue weighted by molar-refractivity contribution is 0.332. The molecule has 2 aromatic heterocycles. The summed E-state index contributed by atoms with van der Waals surface area (Å²) >= 11 is 1.98. The Hall–Kier alpha value is -5.58. The molecule has 4 aliphatic rings. The highest BCUT2D eigenvalue weighted by atomic mass is 32.1. The molecule has 0 atom stereocenters. The molecule has 0 bridgehead atoms. The van der Waals surface area contributed by atoms with Crippen molar-refractivity contribution in [3.63, 3.8) is 0 Å². The molecule has 328 valence electrons. The second-order valence-electron chi connectivity index (χ2n) is 24.5. The summed E-state index contributed by atoms with van der Waals surface area (Å²) in [6.45, 7) is 31.5. The van der Waals surface area contributed by atoms with Crippen molar-refractivity contribution in [3.8, 4) is 27.9 Å². The molecule has 4 heterocycles. The van der Waals surface area contributed by atoms with Gasteiger partial charge in [-0.1, -0.05) is 150 Å². The summed E-state index contributed by atoms with van der Waals surface area (Å²) in [6, 6.07) is 43.8. The summed E-state index contributed by atoms with van der Waals surface area (Å²) in [5, 5.41) is 5.42. The summed E-state index contributed by atoms with van der Waals surface area (Å²) in [4.78, 5) is 2.85. The predicted molar refractivity (Wildman–Crippen MR) is 288 cm³/mol. The number of nitrogens with zero attached hydrogens (tertiary/aromatic N) is 2. The zero-order valence-electron chi connectivity index (χ0n) is 41.2. The fourth-order valence-corrected chi connectivity index (χ4v) is 14.5. The summed E-state index contributed by atoms with van der Waals surface area (Å²) in [5.41, 5.74) is 25.0. The number of anilines is 2. The Morgan fingerprint density at radius 1 is 0.576 bits per heavy atom. The van der Waals surface area contributed by atoms with Crippen LogP contribution in [0, 0.1) is 6.92 Å². The van der Waals surface area contributed by atoms with E-state index in [2.05, 4.69) is 209 Å². The fraction of sp³-hybridized carbons (Fsp3) is 0.323. The van der Waals surface area contributed by atoms with Crippen LogP contribution < -0.4 is 15.7 Å². The van der Waals surface area contributed by atoms with E-state index in [-0.39, 0.29) is 33.9 Å². The van der Waals surface area contributed by atoms with Gasteiger partial charge in [0.15, 0.2) is 0 Å². The van der Waals surface area contributed by atoms with Crippen LogP contribution in [0.25, 0.3) is 69.9 Å². The first-order chi connectivity index (χ1) is 31.2. The Morgan fingerprint density at radius 2 is 1.26 bits per heavy atom. The molecule has 13 rings (SSSR count). The molecule has 0 saturated carbocycles. The quantitative estimate of drug-likeness (QED) is 0.149. The van der Waals surface area contributed by atoms with Gasteiger partial charge in [-0.05, 0) is 150 Å². The van der Waals surface area contributed by atoms with Crippen LogP contribution in [0.3, 0.4) is 0 Å². The Morgan fingerprint density at radius 3 is 2.00 bits per heavy atom. The van der Waals surface area contributed by atoms with Crippen molar-refractivity contribution >= 4 is 82.5 Å². The van der Waals surface area contributed by atoms with E-state index >= 15 is 0 Å². The number of benzene rings is 7. The van der Waals surface area contributed by atoms with Gasteiger partial charge >= 0.3 is 6.85 Å². The van der Waals surface area contributed by atoms with E-state index in [1.54, 1.807) is 0 Å². The van der Waals surface area contributed by atoms with Crippen LogP contribution in [-0.4, -0.2) is 11.4 Å². The third-order valence-electron chi connectivity index (χ3n) is 17.0. The van der Waals surface area contributed by atoms with Crippen molar-refractivity contribution in [3.05, 3.63) is 148 Å². The van der Waals surface area contributed by atoms with E-state index in [0.29, 0.717) is 0 Å². The number of fused-ring (bicyclic) bond motifs is 16. The van der Waals surface area contributed by atoms with Gasteiger partial charge in [0.25, 0.3) is 0 Å². The van der Waals surface area contributed by atoms with Gasteiger partial charge in [0.1, 0.15) is 0 Å². The van der Waals surface area contributed by atoms with E-state index in [0.717, 1.165) is 0 Å². The largest absolute Gasteiger partial charge is 0.376 e. The molecule has 7 aromatic carbocycles. The van der Waals surface area contributed by atoms with Gasteiger partial charge in [-0.15, -0.1) is 11.3 Å². The summed E-state index contributed by atoms with van der Waals surface area (Å²) in [5.74, 6) is 0. The first-order valence-electron chi connectivity index (χ1n) is 24.5. The average Bonchev–Trinajstić information content (AvgIpc) is 3.89. The van der Waals surface area contributed by atoms with Crippen molar-refractivity contribution < 1.29 is 0 Å². The summed E-state index contributed by atoms with van der Waals surface area (Å²) in [7, 11) is 0. The molecule has 2 aliphatic carbocycles. The van der Waals surface area contributed by atoms with Gasteiger partial charge in [-0.25, -0.2) is 0 Å². The minimum Gasteiger partial charge on any atom is -0.376 e. The molecule has 0 spiro atoms.